The summed E-state index contributed by atoms with van der Waals surface area (Å²) in [4.78, 5) is 1.82. The molecule has 2 rings (SSSR count). The first-order valence-corrected chi connectivity index (χ1v) is 4.65. The average Bonchev–Trinajstić information content (AvgIpc) is 2.16. The Labute approximate surface area is 85.7 Å². The monoisotopic (exact) mass is 216 g/mol. The highest BCUT2D eigenvalue weighted by Gasteiger charge is 2.35. The van der Waals surface area contributed by atoms with Crippen LogP contribution in [-0.2, 0) is 6.18 Å². The Kier molecular flexibility index (Phi) is 2.25. The highest BCUT2D eigenvalue weighted by Crippen LogP contribution is 2.40. The van der Waals surface area contributed by atoms with E-state index in [1.807, 2.05) is 4.90 Å². The van der Waals surface area contributed by atoms with Crippen LogP contribution in [0.2, 0.25) is 0 Å². The highest BCUT2D eigenvalue weighted by atomic mass is 19.4. The molecule has 0 radical (unpaired) electrons. The third kappa shape index (κ3) is 1.73. The molecule has 0 aliphatic carbocycles. The van der Waals surface area contributed by atoms with Gasteiger partial charge in [0, 0.05) is 20.1 Å². The summed E-state index contributed by atoms with van der Waals surface area (Å²) >= 11 is 0. The molecular formula is C10H11F3N2. The first kappa shape index (κ1) is 10.1. The zero-order valence-electron chi connectivity index (χ0n) is 8.23. The van der Waals surface area contributed by atoms with Crippen LogP contribution in [0.5, 0.6) is 0 Å². The van der Waals surface area contributed by atoms with Gasteiger partial charge in [-0.2, -0.15) is 13.2 Å². The van der Waals surface area contributed by atoms with E-state index in [0.717, 1.165) is 6.07 Å². The molecule has 0 fully saturated rings. The number of hydrogen-bond acceptors (Lipinski definition) is 2. The zero-order chi connectivity index (χ0) is 11.1. The van der Waals surface area contributed by atoms with E-state index in [2.05, 4.69) is 5.32 Å². The first-order chi connectivity index (χ1) is 7.00. The molecule has 0 spiro atoms. The Morgan fingerprint density at radius 3 is 2.73 bits per heavy atom. The highest BCUT2D eigenvalue weighted by molar-refractivity contribution is 5.75. The standard InChI is InChI=1S/C10H11F3N2/c1-15-6-5-14-9-7(10(11,12)13)3-2-4-8(9)15/h2-4,14H,5-6H2,1H3. The molecule has 2 nitrogen and oxygen atoms in total. The number of halogens is 3. The van der Waals surface area contributed by atoms with Gasteiger partial charge in [-0.3, -0.25) is 0 Å². The molecule has 1 aliphatic rings. The molecule has 1 N–H and O–H groups in total. The van der Waals surface area contributed by atoms with Gasteiger partial charge in [0.25, 0.3) is 0 Å². The van der Waals surface area contributed by atoms with Crippen LogP contribution < -0.4 is 10.2 Å². The minimum atomic E-state index is -4.30. The van der Waals surface area contributed by atoms with Crippen molar-refractivity contribution in [3.63, 3.8) is 0 Å². The number of alkyl halides is 3. The molecular weight excluding hydrogens is 205 g/mol. The number of nitrogens with zero attached hydrogens (tertiary/aromatic N) is 1. The summed E-state index contributed by atoms with van der Waals surface area (Å²) in [6.45, 7) is 1.25. The van der Waals surface area contributed by atoms with E-state index in [9.17, 15) is 13.2 Å². The molecule has 0 atom stereocenters. The molecule has 82 valence electrons. The van der Waals surface area contributed by atoms with Gasteiger partial charge in [-0.15, -0.1) is 0 Å². The Hall–Kier alpha value is -1.39. The number of rotatable bonds is 0. The van der Waals surface area contributed by atoms with Crippen LogP contribution in [0.1, 0.15) is 5.56 Å². The summed E-state index contributed by atoms with van der Waals surface area (Å²) < 4.78 is 37.9. The third-order valence-electron chi connectivity index (χ3n) is 2.51. The Morgan fingerprint density at radius 2 is 2.07 bits per heavy atom. The molecule has 0 saturated heterocycles. The normalized spacial score (nSPS) is 15.9. The molecule has 0 aromatic heterocycles. The van der Waals surface area contributed by atoms with Crippen molar-refractivity contribution in [3.8, 4) is 0 Å². The molecule has 1 aromatic carbocycles. The van der Waals surface area contributed by atoms with Crippen molar-refractivity contribution >= 4 is 11.4 Å². The number of nitrogens with one attached hydrogen (secondary N) is 1. The number of likely N-dealkylation sites (N-methyl/N-ethyl adjacent to an activating group) is 1. The third-order valence-corrected chi connectivity index (χ3v) is 2.51. The minimum Gasteiger partial charge on any atom is -0.381 e. The molecule has 0 bridgehead atoms. The van der Waals surface area contributed by atoms with Crippen LogP contribution in [0.15, 0.2) is 18.2 Å². The minimum absolute atomic E-state index is 0.193. The summed E-state index contributed by atoms with van der Waals surface area (Å²) in [6.07, 6.45) is -4.30. The maximum atomic E-state index is 12.6. The van der Waals surface area contributed by atoms with Crippen LogP contribution in [0, 0.1) is 0 Å². The van der Waals surface area contributed by atoms with E-state index in [1.165, 1.54) is 6.07 Å². The lowest BCUT2D eigenvalue weighted by atomic mass is 10.1. The molecule has 0 unspecified atom stereocenters. The van der Waals surface area contributed by atoms with E-state index in [4.69, 9.17) is 0 Å². The summed E-state index contributed by atoms with van der Waals surface area (Å²) in [7, 11) is 1.79. The Balaban J connectivity index is 2.54. The second kappa shape index (κ2) is 3.32. The van der Waals surface area contributed by atoms with Gasteiger partial charge in [0.15, 0.2) is 0 Å². The van der Waals surface area contributed by atoms with Crippen molar-refractivity contribution in [2.45, 2.75) is 6.18 Å². The van der Waals surface area contributed by atoms with Crippen molar-refractivity contribution in [1.29, 1.82) is 0 Å². The van der Waals surface area contributed by atoms with Crippen LogP contribution in [0.25, 0.3) is 0 Å². The van der Waals surface area contributed by atoms with E-state index in [0.29, 0.717) is 18.8 Å². The van der Waals surface area contributed by atoms with E-state index in [1.54, 1.807) is 13.1 Å². The van der Waals surface area contributed by atoms with Crippen molar-refractivity contribution in [1.82, 2.24) is 0 Å². The second-order valence-electron chi connectivity index (χ2n) is 3.55. The SMILES string of the molecule is CN1CCNc2c1cccc2C(F)(F)F. The van der Waals surface area contributed by atoms with Gasteiger partial charge in [-0.05, 0) is 12.1 Å². The lowest BCUT2D eigenvalue weighted by Crippen LogP contribution is -2.31. The average molecular weight is 216 g/mol. The summed E-state index contributed by atoms with van der Waals surface area (Å²) in [5.41, 5.74) is 0.210. The largest absolute Gasteiger partial charge is 0.418 e. The van der Waals surface area contributed by atoms with Crippen molar-refractivity contribution in [2.75, 3.05) is 30.4 Å². The number of fused-ring (bicyclic) bond motifs is 1. The number of benzene rings is 1. The van der Waals surface area contributed by atoms with Crippen LogP contribution >= 0.6 is 0 Å². The van der Waals surface area contributed by atoms with E-state index in [-0.39, 0.29) is 5.69 Å². The van der Waals surface area contributed by atoms with Gasteiger partial charge in [0.1, 0.15) is 0 Å². The Morgan fingerprint density at radius 1 is 1.33 bits per heavy atom. The maximum absolute atomic E-state index is 12.6. The summed E-state index contributed by atoms with van der Waals surface area (Å²) in [6, 6.07) is 4.23. The molecule has 1 heterocycles. The molecule has 5 heteroatoms. The van der Waals surface area contributed by atoms with E-state index < -0.39 is 11.7 Å². The van der Waals surface area contributed by atoms with Gasteiger partial charge < -0.3 is 10.2 Å². The predicted molar refractivity (Wildman–Crippen MR) is 53.2 cm³/mol. The van der Waals surface area contributed by atoms with Gasteiger partial charge >= 0.3 is 6.18 Å². The van der Waals surface area contributed by atoms with Gasteiger partial charge in [0.2, 0.25) is 0 Å². The van der Waals surface area contributed by atoms with Gasteiger partial charge in [0.05, 0.1) is 16.9 Å². The predicted octanol–water partition coefficient (Wildman–Crippen LogP) is 2.57. The van der Waals surface area contributed by atoms with Crippen molar-refractivity contribution in [3.05, 3.63) is 23.8 Å². The molecule has 0 saturated carbocycles. The van der Waals surface area contributed by atoms with E-state index >= 15 is 0 Å². The summed E-state index contributed by atoms with van der Waals surface area (Å²) in [5.74, 6) is 0. The van der Waals surface area contributed by atoms with Crippen LogP contribution in [0.3, 0.4) is 0 Å². The smallest absolute Gasteiger partial charge is 0.381 e. The van der Waals surface area contributed by atoms with Gasteiger partial charge in [-0.1, -0.05) is 6.07 Å². The summed E-state index contributed by atoms with van der Waals surface area (Å²) in [5, 5.41) is 2.81. The lowest BCUT2D eigenvalue weighted by Gasteiger charge is -2.30. The quantitative estimate of drug-likeness (QED) is 0.717. The maximum Gasteiger partial charge on any atom is 0.418 e. The zero-order valence-corrected chi connectivity index (χ0v) is 8.23. The number of anilines is 2. The van der Waals surface area contributed by atoms with Crippen molar-refractivity contribution in [2.24, 2.45) is 0 Å². The molecule has 1 aliphatic heterocycles. The van der Waals surface area contributed by atoms with Gasteiger partial charge in [-0.25, -0.2) is 0 Å². The number of para-hydroxylation sites is 1. The lowest BCUT2D eigenvalue weighted by molar-refractivity contribution is -0.136. The number of hydrogen-bond donors (Lipinski definition) is 1. The fraction of sp³-hybridized carbons (Fsp3) is 0.400. The molecule has 0 amide bonds. The Bertz CT molecular complexity index is 373. The fourth-order valence-electron chi connectivity index (χ4n) is 1.75. The topological polar surface area (TPSA) is 15.3 Å². The van der Waals surface area contributed by atoms with Crippen molar-refractivity contribution < 1.29 is 13.2 Å². The van der Waals surface area contributed by atoms with Crippen LogP contribution in [0.4, 0.5) is 24.5 Å². The second-order valence-corrected chi connectivity index (χ2v) is 3.55. The molecule has 1 aromatic rings. The fourth-order valence-corrected chi connectivity index (χ4v) is 1.75. The van der Waals surface area contributed by atoms with Crippen LogP contribution in [-0.4, -0.2) is 20.1 Å². The first-order valence-electron chi connectivity index (χ1n) is 4.65. The molecule has 15 heavy (non-hydrogen) atoms.